The number of carboxylic acids is 1. The molecule has 0 bridgehead atoms. The fourth-order valence-corrected chi connectivity index (χ4v) is 2.85. The van der Waals surface area contributed by atoms with Gasteiger partial charge in [0.05, 0.1) is 5.01 Å². The molecule has 1 aromatic carbocycles. The number of hydrogen-bond acceptors (Lipinski definition) is 4. The van der Waals surface area contributed by atoms with Gasteiger partial charge in [0.15, 0.2) is 0 Å². The SMILES string of the molecule is CC(C)N(CC(=O)O)C(=O)c1csc(Cc2ccc(F)cc2)n1. The van der Waals surface area contributed by atoms with Crippen molar-refractivity contribution >= 4 is 23.2 Å². The maximum absolute atomic E-state index is 12.9. The summed E-state index contributed by atoms with van der Waals surface area (Å²) in [6.07, 6.45) is 0.499. The molecule has 0 atom stereocenters. The standard InChI is InChI=1S/C16H17FN2O3S/c1-10(2)19(8-15(20)21)16(22)13-9-23-14(18-13)7-11-3-5-12(17)6-4-11/h3-6,9-10H,7-8H2,1-2H3,(H,20,21). The fraction of sp³-hybridized carbons (Fsp3) is 0.312. The van der Waals surface area contributed by atoms with E-state index in [9.17, 15) is 14.0 Å². The highest BCUT2D eigenvalue weighted by Crippen LogP contribution is 2.17. The lowest BCUT2D eigenvalue weighted by atomic mass is 10.1. The second-order valence-corrected chi connectivity index (χ2v) is 6.29. The minimum Gasteiger partial charge on any atom is -0.480 e. The lowest BCUT2D eigenvalue weighted by Crippen LogP contribution is -2.40. The number of benzene rings is 1. The first-order chi connectivity index (χ1) is 10.9. The highest BCUT2D eigenvalue weighted by Gasteiger charge is 2.23. The molecular weight excluding hydrogens is 319 g/mol. The zero-order valence-corrected chi connectivity index (χ0v) is 13.6. The van der Waals surface area contributed by atoms with Gasteiger partial charge in [0.1, 0.15) is 18.1 Å². The Labute approximate surface area is 137 Å². The molecule has 1 aromatic heterocycles. The molecule has 0 saturated heterocycles. The van der Waals surface area contributed by atoms with Gasteiger partial charge in [0.2, 0.25) is 0 Å². The molecule has 1 amide bonds. The summed E-state index contributed by atoms with van der Waals surface area (Å²) in [6.45, 7) is 3.15. The van der Waals surface area contributed by atoms with Crippen LogP contribution in [-0.4, -0.2) is 39.5 Å². The van der Waals surface area contributed by atoms with Crippen LogP contribution in [0.2, 0.25) is 0 Å². The molecule has 2 aromatic rings. The minimum atomic E-state index is -1.06. The monoisotopic (exact) mass is 336 g/mol. The van der Waals surface area contributed by atoms with Crippen LogP contribution in [0.15, 0.2) is 29.6 Å². The molecule has 1 heterocycles. The van der Waals surface area contributed by atoms with Crippen LogP contribution < -0.4 is 0 Å². The summed E-state index contributed by atoms with van der Waals surface area (Å²) < 4.78 is 12.9. The molecule has 122 valence electrons. The third kappa shape index (κ3) is 4.59. The Balaban J connectivity index is 2.12. The number of aliphatic carboxylic acids is 1. The van der Waals surface area contributed by atoms with E-state index in [0.29, 0.717) is 6.42 Å². The van der Waals surface area contributed by atoms with Crippen LogP contribution in [0.5, 0.6) is 0 Å². The Hall–Kier alpha value is -2.28. The predicted octanol–water partition coefficient (Wildman–Crippen LogP) is 2.81. The Morgan fingerprint density at radius 3 is 2.52 bits per heavy atom. The molecule has 23 heavy (non-hydrogen) atoms. The van der Waals surface area contributed by atoms with Crippen LogP contribution >= 0.6 is 11.3 Å². The average Bonchev–Trinajstić information content (AvgIpc) is 2.94. The number of thiazole rings is 1. The third-order valence-corrected chi connectivity index (χ3v) is 4.08. The zero-order chi connectivity index (χ0) is 17.0. The first kappa shape index (κ1) is 17.1. The van der Waals surface area contributed by atoms with E-state index in [1.807, 2.05) is 0 Å². The Bertz CT molecular complexity index is 698. The fourth-order valence-electron chi connectivity index (χ4n) is 2.05. The van der Waals surface area contributed by atoms with E-state index in [0.717, 1.165) is 10.6 Å². The molecular formula is C16H17FN2O3S. The van der Waals surface area contributed by atoms with E-state index in [1.165, 1.54) is 28.4 Å². The third-order valence-electron chi connectivity index (χ3n) is 3.23. The van der Waals surface area contributed by atoms with Crippen molar-refractivity contribution in [3.05, 3.63) is 51.7 Å². The summed E-state index contributed by atoms with van der Waals surface area (Å²) >= 11 is 1.33. The van der Waals surface area contributed by atoms with Crippen molar-refractivity contribution in [1.29, 1.82) is 0 Å². The second-order valence-electron chi connectivity index (χ2n) is 5.35. The van der Waals surface area contributed by atoms with E-state index in [-0.39, 0.29) is 24.1 Å². The molecule has 0 unspecified atom stereocenters. The van der Waals surface area contributed by atoms with Crippen molar-refractivity contribution in [3.8, 4) is 0 Å². The van der Waals surface area contributed by atoms with E-state index in [1.54, 1.807) is 31.4 Å². The molecule has 0 saturated carbocycles. The van der Waals surface area contributed by atoms with Crippen molar-refractivity contribution in [3.63, 3.8) is 0 Å². The molecule has 0 spiro atoms. The van der Waals surface area contributed by atoms with Crippen LogP contribution in [-0.2, 0) is 11.2 Å². The smallest absolute Gasteiger partial charge is 0.323 e. The number of amides is 1. The van der Waals surface area contributed by atoms with Gasteiger partial charge in [0.25, 0.3) is 5.91 Å². The van der Waals surface area contributed by atoms with Crippen molar-refractivity contribution in [1.82, 2.24) is 9.88 Å². The number of hydrogen-bond donors (Lipinski definition) is 1. The number of nitrogens with zero attached hydrogens (tertiary/aromatic N) is 2. The highest BCUT2D eigenvalue weighted by atomic mass is 32.1. The van der Waals surface area contributed by atoms with Crippen LogP contribution in [0.25, 0.3) is 0 Å². The lowest BCUT2D eigenvalue weighted by molar-refractivity contribution is -0.138. The molecule has 0 aliphatic carbocycles. The van der Waals surface area contributed by atoms with Gasteiger partial charge in [-0.15, -0.1) is 11.3 Å². The molecule has 0 fully saturated rings. The normalized spacial score (nSPS) is 10.8. The number of aromatic nitrogens is 1. The van der Waals surface area contributed by atoms with Gasteiger partial charge in [-0.05, 0) is 31.5 Å². The van der Waals surface area contributed by atoms with Gasteiger partial charge in [-0.1, -0.05) is 12.1 Å². The quantitative estimate of drug-likeness (QED) is 0.880. The summed E-state index contributed by atoms with van der Waals surface area (Å²) in [5, 5.41) is 11.3. The van der Waals surface area contributed by atoms with Crippen molar-refractivity contribution < 1.29 is 19.1 Å². The highest BCUT2D eigenvalue weighted by molar-refractivity contribution is 7.09. The second kappa shape index (κ2) is 7.32. The molecule has 0 aliphatic rings. The summed E-state index contributed by atoms with van der Waals surface area (Å²) in [5.41, 5.74) is 1.13. The van der Waals surface area contributed by atoms with Gasteiger partial charge >= 0.3 is 5.97 Å². The van der Waals surface area contributed by atoms with Crippen LogP contribution in [0.1, 0.15) is 34.9 Å². The number of carboxylic acid groups (broad SMARTS) is 1. The molecule has 1 N–H and O–H groups in total. The van der Waals surface area contributed by atoms with E-state index in [2.05, 4.69) is 4.98 Å². The summed E-state index contributed by atoms with van der Waals surface area (Å²) in [6, 6.07) is 5.86. The topological polar surface area (TPSA) is 70.5 Å². The number of rotatable bonds is 6. The van der Waals surface area contributed by atoms with Gasteiger partial charge in [0, 0.05) is 17.8 Å². The molecule has 0 aliphatic heterocycles. The summed E-state index contributed by atoms with van der Waals surface area (Å²) in [5.74, 6) is -1.76. The number of carbonyl (C=O) groups is 2. The largest absolute Gasteiger partial charge is 0.480 e. The Morgan fingerprint density at radius 2 is 1.96 bits per heavy atom. The maximum Gasteiger partial charge on any atom is 0.323 e. The van der Waals surface area contributed by atoms with E-state index >= 15 is 0 Å². The van der Waals surface area contributed by atoms with Crippen LogP contribution in [0, 0.1) is 5.82 Å². The van der Waals surface area contributed by atoms with Crippen molar-refractivity contribution in [2.24, 2.45) is 0 Å². The molecule has 7 heteroatoms. The first-order valence-corrected chi connectivity index (χ1v) is 7.96. The van der Waals surface area contributed by atoms with Gasteiger partial charge < -0.3 is 10.0 Å². The summed E-state index contributed by atoms with van der Waals surface area (Å²) in [4.78, 5) is 28.8. The predicted molar refractivity (Wildman–Crippen MR) is 85.1 cm³/mol. The van der Waals surface area contributed by atoms with Gasteiger partial charge in [-0.3, -0.25) is 9.59 Å². The van der Waals surface area contributed by atoms with Crippen LogP contribution in [0.3, 0.4) is 0 Å². The maximum atomic E-state index is 12.9. The number of carbonyl (C=O) groups excluding carboxylic acids is 1. The molecule has 5 nitrogen and oxygen atoms in total. The summed E-state index contributed by atoms with van der Waals surface area (Å²) in [7, 11) is 0. The van der Waals surface area contributed by atoms with Gasteiger partial charge in [-0.25, -0.2) is 9.37 Å². The Kier molecular flexibility index (Phi) is 5.44. The van der Waals surface area contributed by atoms with Crippen molar-refractivity contribution in [2.45, 2.75) is 26.3 Å². The zero-order valence-electron chi connectivity index (χ0n) is 12.8. The lowest BCUT2D eigenvalue weighted by Gasteiger charge is -2.23. The van der Waals surface area contributed by atoms with Crippen LogP contribution in [0.4, 0.5) is 4.39 Å². The van der Waals surface area contributed by atoms with Gasteiger partial charge in [-0.2, -0.15) is 0 Å². The molecule has 2 rings (SSSR count). The first-order valence-electron chi connectivity index (χ1n) is 7.08. The number of halogens is 1. The van der Waals surface area contributed by atoms with E-state index in [4.69, 9.17) is 5.11 Å². The Morgan fingerprint density at radius 1 is 1.30 bits per heavy atom. The van der Waals surface area contributed by atoms with Crippen molar-refractivity contribution in [2.75, 3.05) is 6.54 Å². The average molecular weight is 336 g/mol. The van der Waals surface area contributed by atoms with E-state index < -0.39 is 11.9 Å². The minimum absolute atomic E-state index is 0.235. The molecule has 0 radical (unpaired) electrons.